The van der Waals surface area contributed by atoms with E-state index in [-0.39, 0.29) is 105 Å². The number of nitrogens with zero attached hydrogens (tertiary/aromatic N) is 1. The molecule has 3 aliphatic rings. The number of fused-ring (bicyclic) bond motifs is 5. The number of phenols is 1. The number of benzene rings is 4. The zero-order valence-corrected chi connectivity index (χ0v) is 57.5. The highest BCUT2D eigenvalue weighted by molar-refractivity contribution is 7.98. The number of nitrogens with one attached hydrogen (secondary N) is 12. The molecule has 9 rings (SSSR count). The van der Waals surface area contributed by atoms with Crippen molar-refractivity contribution in [3.8, 4) is 5.75 Å². The summed E-state index contributed by atoms with van der Waals surface area (Å²) in [5, 5.41) is 48.3. The van der Waals surface area contributed by atoms with Crippen LogP contribution < -0.4 is 64.6 Å². The van der Waals surface area contributed by atoms with Gasteiger partial charge in [0.25, 0.3) is 0 Å². The fourth-order valence-electron chi connectivity index (χ4n) is 12.6. The largest absolute Gasteiger partial charge is 0.508 e. The number of H-pyrrole nitrogens is 2. The standard InChI is InChI=1S/C69H84F3N15O13S2/c1-69-15-4-17-87(69)67(99)56(22-37-6-10-46(88)11-7-37)85-65(97)54(27-45-31-75-36-79-45)83-66(98)55(28-60(91)92)84-64(96)53(24-41-30-77-50-13-9-43(71)26-48(41)50)82-63(95)52(23-40-29-76-49-12-8-42(70)25-47(40)49)81-59(90)32-78-62(94)51(5-2-3-16-73)80-58(89)14-18-101-33-38-19-39(21-44(72)20-38)34-102-35-57(61(74)93)86-68(69)100/h6-13,19-21,25-26,29-30,45,51-57,75-77,79,88H,2-5,14-18,22-24,27-28,31-36,73H2,1H3,(H2,74,93)(H,78,94)(H,80,89)(H,81,90)(H,82,95)(H,83,98)(H,84,96)(H,85,97)(H,86,100)(H,91,92)/t45?,51-,52-,53-,54-,55-,56-,57-,69-/m0/s1. The highest BCUT2D eigenvalue weighted by atomic mass is 32.2. The van der Waals surface area contributed by atoms with Crippen LogP contribution in [0.15, 0.2) is 91.3 Å². The number of thioether (sulfide) groups is 2. The van der Waals surface area contributed by atoms with Gasteiger partial charge in [-0.25, -0.2) is 13.2 Å². The van der Waals surface area contributed by atoms with Crippen LogP contribution in [0.2, 0.25) is 0 Å². The van der Waals surface area contributed by atoms with Gasteiger partial charge in [0.1, 0.15) is 71.0 Å². The number of aromatic hydroxyl groups is 1. The second-order valence-corrected chi connectivity index (χ2v) is 27.9. The molecule has 28 nitrogen and oxygen atoms in total. The number of carboxylic acids is 1. The summed E-state index contributed by atoms with van der Waals surface area (Å²) >= 11 is 2.48. The molecule has 102 heavy (non-hydrogen) atoms. The number of carbonyl (C=O) groups excluding carboxylic acids is 10. The minimum Gasteiger partial charge on any atom is -0.508 e. The van der Waals surface area contributed by atoms with Gasteiger partial charge in [0.2, 0.25) is 59.1 Å². The van der Waals surface area contributed by atoms with E-state index in [4.69, 9.17) is 11.5 Å². The fraction of sp³-hybridized carbons (Fsp3) is 0.435. The number of aromatic amines is 2. The summed E-state index contributed by atoms with van der Waals surface area (Å²) in [5.74, 6) is -12.1. The number of hydrogen-bond donors (Lipinski definition) is 16. The molecular formula is C69H84F3N15O13S2. The van der Waals surface area contributed by atoms with E-state index in [1.54, 1.807) is 6.07 Å². The van der Waals surface area contributed by atoms with E-state index in [0.717, 1.165) is 6.07 Å². The first-order valence-electron chi connectivity index (χ1n) is 33.4. The molecule has 5 heterocycles. The number of amides is 10. The number of rotatable bonds is 15. The topological polar surface area (TPSA) is 435 Å². The third kappa shape index (κ3) is 21.0. The molecule has 2 aromatic heterocycles. The summed E-state index contributed by atoms with van der Waals surface area (Å²) in [7, 11) is 0. The van der Waals surface area contributed by atoms with Gasteiger partial charge in [0.05, 0.1) is 13.0 Å². The van der Waals surface area contributed by atoms with Crippen LogP contribution in [0.3, 0.4) is 0 Å². The van der Waals surface area contributed by atoms with Crippen LogP contribution in [-0.2, 0) is 83.5 Å². The lowest BCUT2D eigenvalue weighted by atomic mass is 9.95. The Morgan fingerprint density at radius 2 is 1.24 bits per heavy atom. The molecule has 33 heteroatoms. The van der Waals surface area contributed by atoms with Crippen LogP contribution in [0.1, 0.15) is 86.1 Å². The van der Waals surface area contributed by atoms with Crippen molar-refractivity contribution in [2.24, 2.45) is 11.5 Å². The molecule has 0 radical (unpaired) electrons. The number of hydrogen-bond acceptors (Lipinski definition) is 17. The molecule has 2 fully saturated rings. The van der Waals surface area contributed by atoms with Crippen molar-refractivity contribution in [1.82, 2.24) is 68.0 Å². The third-order valence-electron chi connectivity index (χ3n) is 18.0. The molecule has 0 saturated carbocycles. The van der Waals surface area contributed by atoms with Gasteiger partial charge in [-0.2, -0.15) is 23.5 Å². The lowest BCUT2D eigenvalue weighted by Gasteiger charge is -2.37. The summed E-state index contributed by atoms with van der Waals surface area (Å²) in [4.78, 5) is 165. The quantitative estimate of drug-likeness (QED) is 0.0644. The second-order valence-electron chi connectivity index (χ2n) is 25.7. The molecule has 3 aliphatic heterocycles. The van der Waals surface area contributed by atoms with E-state index in [9.17, 15) is 52.6 Å². The van der Waals surface area contributed by atoms with E-state index >= 15 is 23.6 Å². The van der Waals surface area contributed by atoms with Crippen molar-refractivity contribution in [3.63, 3.8) is 0 Å². The molecule has 4 aromatic carbocycles. The van der Waals surface area contributed by atoms with Crippen molar-refractivity contribution in [3.05, 3.63) is 137 Å². The second kappa shape index (κ2) is 35.8. The van der Waals surface area contributed by atoms with Crippen molar-refractivity contribution < 1.29 is 76.1 Å². The van der Waals surface area contributed by atoms with Gasteiger partial charge >= 0.3 is 5.97 Å². The van der Waals surface area contributed by atoms with E-state index in [0.29, 0.717) is 57.9 Å². The molecule has 546 valence electrons. The van der Waals surface area contributed by atoms with Crippen LogP contribution in [-0.4, -0.2) is 188 Å². The van der Waals surface area contributed by atoms with Gasteiger partial charge in [-0.05, 0) is 140 Å². The first-order chi connectivity index (χ1) is 48.8. The number of unbranched alkanes of at least 4 members (excludes halogenated alkanes) is 1. The molecule has 0 spiro atoms. The number of phenolic OH excluding ortho intramolecular Hbond substituents is 1. The van der Waals surface area contributed by atoms with Gasteiger partial charge in [-0.1, -0.05) is 18.2 Å². The van der Waals surface area contributed by atoms with Crippen LogP contribution >= 0.6 is 23.5 Å². The number of nitrogens with two attached hydrogens (primary N) is 2. The van der Waals surface area contributed by atoms with Gasteiger partial charge in [-0.15, -0.1) is 0 Å². The predicted molar refractivity (Wildman–Crippen MR) is 374 cm³/mol. The van der Waals surface area contributed by atoms with Gasteiger partial charge in [0, 0.05) is 109 Å². The summed E-state index contributed by atoms with van der Waals surface area (Å²) in [6.07, 6.45) is 1.76. The molecule has 18 N–H and O–H groups in total. The number of primary amides is 1. The Bertz CT molecular complexity index is 4070. The Morgan fingerprint density at radius 3 is 1.85 bits per heavy atom. The smallest absolute Gasteiger partial charge is 0.305 e. The van der Waals surface area contributed by atoms with E-state index < -0.39 is 156 Å². The molecular weight excluding hydrogens is 1370 g/mol. The summed E-state index contributed by atoms with van der Waals surface area (Å²) in [6, 6.07) is 6.14. The fourth-order valence-corrected chi connectivity index (χ4v) is 14.5. The van der Waals surface area contributed by atoms with Gasteiger partial charge in [0.15, 0.2) is 0 Å². The molecule has 2 saturated heterocycles. The van der Waals surface area contributed by atoms with Crippen molar-refractivity contribution in [2.45, 2.75) is 143 Å². The van der Waals surface area contributed by atoms with Crippen LogP contribution in [0.4, 0.5) is 13.2 Å². The summed E-state index contributed by atoms with van der Waals surface area (Å²) < 4.78 is 45.0. The lowest BCUT2D eigenvalue weighted by molar-refractivity contribution is -0.147. The van der Waals surface area contributed by atoms with Crippen molar-refractivity contribution >= 4 is 110 Å². The Balaban J connectivity index is 1.06. The van der Waals surface area contributed by atoms with E-state index in [2.05, 4.69) is 63.1 Å². The number of carboxylic acid groups (broad SMARTS) is 1. The highest BCUT2D eigenvalue weighted by Crippen LogP contribution is 2.32. The maximum Gasteiger partial charge on any atom is 0.305 e. The maximum atomic E-state index is 15.2. The average molecular weight is 1450 g/mol. The van der Waals surface area contributed by atoms with Gasteiger partial charge < -0.3 is 89.7 Å². The number of aromatic nitrogens is 2. The Labute approximate surface area is 592 Å². The molecule has 10 amide bonds. The minimum atomic E-state index is -2.03. The normalized spacial score (nSPS) is 24.1. The zero-order chi connectivity index (χ0) is 73.2. The van der Waals surface area contributed by atoms with Gasteiger partial charge in [-0.3, -0.25) is 52.7 Å². The van der Waals surface area contributed by atoms with E-state index in [1.165, 1.54) is 114 Å². The van der Waals surface area contributed by atoms with Crippen LogP contribution in [0, 0.1) is 17.5 Å². The zero-order valence-electron chi connectivity index (χ0n) is 55.9. The monoisotopic (exact) mass is 1450 g/mol. The first kappa shape index (κ1) is 76.5. The Kier molecular flexibility index (Phi) is 26.8. The number of halogens is 3. The van der Waals surface area contributed by atoms with Crippen LogP contribution in [0.5, 0.6) is 5.75 Å². The van der Waals surface area contributed by atoms with E-state index in [1.807, 2.05) is 0 Å². The predicted octanol–water partition coefficient (Wildman–Crippen LogP) is 1.26. The number of aliphatic carboxylic acids is 1. The minimum absolute atomic E-state index is 0.00367. The Morgan fingerprint density at radius 1 is 0.647 bits per heavy atom. The maximum absolute atomic E-state index is 15.2. The number of carbonyl (C=O) groups is 11. The van der Waals surface area contributed by atoms with Crippen LogP contribution in [0.25, 0.3) is 21.8 Å². The molecule has 6 aromatic rings. The summed E-state index contributed by atoms with van der Waals surface area (Å²) in [6.45, 7) is 1.54. The van der Waals surface area contributed by atoms with Crippen molar-refractivity contribution in [2.75, 3.05) is 44.4 Å². The third-order valence-corrected chi connectivity index (χ3v) is 20.2. The lowest BCUT2D eigenvalue weighted by Crippen LogP contribution is -2.63. The first-order valence-corrected chi connectivity index (χ1v) is 35.7. The molecule has 9 atom stereocenters. The summed E-state index contributed by atoms with van der Waals surface area (Å²) in [5.41, 5.74) is 12.9. The highest BCUT2D eigenvalue weighted by Gasteiger charge is 2.49. The SMILES string of the molecule is C[C@@]12CCCN1C(=O)[C@H](Cc1ccc(O)cc1)NC(=O)[C@H](CC1CNCN1)NC(=O)[C@H](CC(=O)O)NC(=O)[C@H](Cc1c[nH]c3ccc(F)cc13)NC(=O)[C@H](Cc1c[nH]c3ccc(F)cc13)NC(=O)CNC(=O)[C@H](CCCCN)NC(=O)CCSCc1cc(F)cc(c1)CSC[C@@H](C(N)=O)NC2=O. The molecule has 2 bridgehead atoms. The Hall–Kier alpha value is -9.70. The average Bonchev–Trinajstić information content (AvgIpc) is 1.59. The van der Waals surface area contributed by atoms with Crippen molar-refractivity contribution in [1.29, 1.82) is 0 Å². The molecule has 0 aliphatic carbocycles. The molecule has 1 unspecified atom stereocenters.